The Morgan fingerprint density at radius 3 is 2.37 bits per heavy atom. The summed E-state index contributed by atoms with van der Waals surface area (Å²) in [5.41, 5.74) is 2.35. The van der Waals surface area contributed by atoms with Crippen molar-refractivity contribution in [3.05, 3.63) is 54.1 Å². The Morgan fingerprint density at radius 2 is 1.63 bits per heavy atom. The first-order valence-corrected chi connectivity index (χ1v) is 14.5. The van der Waals surface area contributed by atoms with Crippen molar-refractivity contribution in [1.29, 1.82) is 0 Å². The first-order chi connectivity index (χ1) is 13.2. The molecule has 0 atom stereocenters. The predicted molar refractivity (Wildman–Crippen MR) is 121 cm³/mol. The average Bonchev–Trinajstić information content (AvgIpc) is 3.13. The van der Waals surface area contributed by atoms with Crippen LogP contribution in [0.3, 0.4) is 0 Å². The number of nitrogens with zero attached hydrogens (tertiary/aromatic N) is 1. The van der Waals surface area contributed by atoms with E-state index in [0.29, 0.717) is 0 Å². The van der Waals surface area contributed by atoms with Gasteiger partial charge in [0.15, 0.2) is 4.34 Å². The maximum atomic E-state index is 5.54. The van der Waals surface area contributed by atoms with E-state index in [1.165, 1.54) is 15.2 Å². The second-order valence-corrected chi connectivity index (χ2v) is 13.9. The molecule has 3 aromatic rings. The fraction of sp³-hybridized carbons (Fsp3) is 0.278. The monoisotopic (exact) mass is 455 g/mol. The molecule has 1 heterocycles. The topological polar surface area (TPSA) is 40.6 Å². The van der Waals surface area contributed by atoms with E-state index in [9.17, 15) is 0 Å². The molecule has 4 nitrogen and oxygen atoms in total. The van der Waals surface area contributed by atoms with E-state index in [2.05, 4.69) is 47.4 Å². The number of thiazole rings is 1. The highest BCUT2D eigenvalue weighted by molar-refractivity contribution is 9.09. The van der Waals surface area contributed by atoms with Gasteiger partial charge in [0.1, 0.15) is 0 Å². The highest BCUT2D eigenvalue weighted by atomic mass is 33.5. The summed E-state index contributed by atoms with van der Waals surface area (Å²) in [7, 11) is 7.63. The zero-order chi connectivity index (χ0) is 19.1. The van der Waals surface area contributed by atoms with E-state index >= 15 is 0 Å². The Bertz CT molecular complexity index is 831. The van der Waals surface area contributed by atoms with Gasteiger partial charge in [-0.1, -0.05) is 30.3 Å². The van der Waals surface area contributed by atoms with Crippen molar-refractivity contribution in [2.24, 2.45) is 0 Å². The molecule has 0 aliphatic heterocycles. The van der Waals surface area contributed by atoms with Gasteiger partial charge >= 0.3 is 8.80 Å². The number of aromatic nitrogens is 1. The highest BCUT2D eigenvalue weighted by Gasteiger charge is 2.37. The lowest BCUT2D eigenvalue weighted by atomic mass is 10.2. The summed E-state index contributed by atoms with van der Waals surface area (Å²) in [5.74, 6) is 0. The summed E-state index contributed by atoms with van der Waals surface area (Å²) in [6, 6.07) is 17.5. The third-order valence-corrected chi connectivity index (χ3v) is 12.1. The lowest BCUT2D eigenvalue weighted by Crippen LogP contribution is -2.43. The molecule has 0 saturated heterocycles. The number of benzene rings is 2. The van der Waals surface area contributed by atoms with Gasteiger partial charge in [-0.3, -0.25) is 0 Å². The molecule has 0 aliphatic carbocycles. The summed E-state index contributed by atoms with van der Waals surface area (Å²) in [6.07, 6.45) is 0.858. The quantitative estimate of drug-likeness (QED) is 0.268. The first kappa shape index (κ1) is 21.2. The number of hydrogen-bond acceptors (Lipinski definition) is 8. The van der Waals surface area contributed by atoms with E-state index < -0.39 is 8.80 Å². The Kier molecular flexibility index (Phi) is 8.09. The molecule has 0 N–H and O–H groups in total. The molecule has 0 spiro atoms. The molecule has 0 fully saturated rings. The smallest absolute Gasteiger partial charge is 0.377 e. The normalized spacial score (nSPS) is 12.0. The van der Waals surface area contributed by atoms with Crippen LogP contribution in [0, 0.1) is 0 Å². The van der Waals surface area contributed by atoms with E-state index in [4.69, 9.17) is 13.3 Å². The van der Waals surface area contributed by atoms with Crippen LogP contribution < -0.4 is 0 Å². The van der Waals surface area contributed by atoms with Gasteiger partial charge in [-0.05, 0) is 61.6 Å². The van der Waals surface area contributed by atoms with Crippen molar-refractivity contribution in [1.82, 2.24) is 4.98 Å². The molecule has 27 heavy (non-hydrogen) atoms. The van der Waals surface area contributed by atoms with Crippen molar-refractivity contribution >= 4 is 61.8 Å². The van der Waals surface area contributed by atoms with Crippen molar-refractivity contribution in [2.75, 3.05) is 21.3 Å². The summed E-state index contributed by atoms with van der Waals surface area (Å²) in [6.45, 7) is 0. The lowest BCUT2D eigenvalue weighted by Gasteiger charge is -2.24. The van der Waals surface area contributed by atoms with Gasteiger partial charge in [-0.25, -0.2) is 4.98 Å². The summed E-state index contributed by atoms with van der Waals surface area (Å²) in [4.78, 5) is 5.92. The molecular formula is C18H21NO3S4Si. The minimum Gasteiger partial charge on any atom is -0.377 e. The maximum Gasteiger partial charge on any atom is 0.500 e. The van der Waals surface area contributed by atoms with Crippen LogP contribution in [0.1, 0.15) is 5.56 Å². The first-order valence-electron chi connectivity index (χ1n) is 8.30. The molecule has 0 bridgehead atoms. The Hall–Kier alpha value is -0.523. The van der Waals surface area contributed by atoms with Gasteiger partial charge in [0, 0.05) is 32.3 Å². The SMILES string of the molecule is CO[Si](CCc1ccccc1SSSc1nc2ccccc2s1)(OC)OC. The van der Waals surface area contributed by atoms with E-state index in [-0.39, 0.29) is 0 Å². The molecule has 144 valence electrons. The molecular weight excluding hydrogens is 435 g/mol. The van der Waals surface area contributed by atoms with Crippen LogP contribution in [0.2, 0.25) is 6.04 Å². The molecule has 2 aromatic carbocycles. The molecule has 0 unspecified atom stereocenters. The summed E-state index contributed by atoms with van der Waals surface area (Å²) < 4.78 is 18.9. The summed E-state index contributed by atoms with van der Waals surface area (Å²) in [5, 5.41) is 0. The van der Waals surface area contributed by atoms with Gasteiger partial charge in [0.05, 0.1) is 10.2 Å². The standard InChI is InChI=1S/C18H21NO3S4Si/c1-20-27(21-2,22-3)13-12-14-8-4-6-10-16(14)24-26-25-18-19-15-9-5-7-11-17(15)23-18/h4-11H,12-13H2,1-3H3. The lowest BCUT2D eigenvalue weighted by molar-refractivity contribution is 0.123. The summed E-state index contributed by atoms with van der Waals surface area (Å²) >= 11 is 1.73. The van der Waals surface area contributed by atoms with Gasteiger partial charge in [-0.2, -0.15) is 0 Å². The Labute approximate surface area is 176 Å². The van der Waals surface area contributed by atoms with Crippen LogP contribution in [0.25, 0.3) is 10.2 Å². The van der Waals surface area contributed by atoms with Gasteiger partial charge < -0.3 is 13.3 Å². The van der Waals surface area contributed by atoms with Gasteiger partial charge in [-0.15, -0.1) is 11.3 Å². The number of hydrogen-bond donors (Lipinski definition) is 0. The number of aryl methyl sites for hydroxylation is 1. The van der Waals surface area contributed by atoms with E-state index in [1.807, 2.05) is 6.07 Å². The Morgan fingerprint density at radius 1 is 0.926 bits per heavy atom. The Balaban J connectivity index is 1.60. The van der Waals surface area contributed by atoms with Crippen LogP contribution in [-0.2, 0) is 19.7 Å². The zero-order valence-corrected chi connectivity index (χ0v) is 19.6. The molecule has 0 radical (unpaired) electrons. The highest BCUT2D eigenvalue weighted by Crippen LogP contribution is 2.47. The molecule has 1 aromatic heterocycles. The maximum absolute atomic E-state index is 5.54. The fourth-order valence-corrected chi connectivity index (χ4v) is 9.75. The van der Waals surface area contributed by atoms with Gasteiger partial charge in [0.2, 0.25) is 0 Å². The van der Waals surface area contributed by atoms with Crippen LogP contribution >= 0.6 is 42.8 Å². The number of fused-ring (bicyclic) bond motifs is 1. The minimum atomic E-state index is -2.56. The molecule has 0 amide bonds. The molecule has 9 heteroatoms. The van der Waals surface area contributed by atoms with Crippen LogP contribution in [-0.4, -0.2) is 35.1 Å². The van der Waals surface area contributed by atoms with E-state index in [0.717, 1.165) is 22.3 Å². The third-order valence-electron chi connectivity index (χ3n) is 4.11. The molecule has 3 rings (SSSR count). The number of rotatable bonds is 10. The molecule has 0 aliphatic rings. The number of para-hydroxylation sites is 1. The van der Waals surface area contributed by atoms with Gasteiger partial charge in [0.25, 0.3) is 0 Å². The molecule has 0 saturated carbocycles. The van der Waals surface area contributed by atoms with Crippen molar-refractivity contribution < 1.29 is 13.3 Å². The second-order valence-electron chi connectivity index (χ2n) is 5.59. The van der Waals surface area contributed by atoms with Crippen molar-refractivity contribution in [3.8, 4) is 0 Å². The van der Waals surface area contributed by atoms with Crippen molar-refractivity contribution in [3.63, 3.8) is 0 Å². The minimum absolute atomic E-state index is 0.754. The predicted octanol–water partition coefficient (Wildman–Crippen LogP) is 6.16. The average molecular weight is 456 g/mol. The van der Waals surface area contributed by atoms with Crippen LogP contribution in [0.15, 0.2) is 57.8 Å². The third kappa shape index (κ3) is 5.51. The largest absolute Gasteiger partial charge is 0.500 e. The zero-order valence-electron chi connectivity index (χ0n) is 15.3. The fourth-order valence-electron chi connectivity index (χ4n) is 2.61. The second kappa shape index (κ2) is 10.3. The van der Waals surface area contributed by atoms with E-state index in [1.54, 1.807) is 64.1 Å². The van der Waals surface area contributed by atoms with Crippen molar-refractivity contribution in [2.45, 2.75) is 21.7 Å². The van der Waals surface area contributed by atoms with Crippen LogP contribution in [0.5, 0.6) is 0 Å². The van der Waals surface area contributed by atoms with Crippen LogP contribution in [0.4, 0.5) is 0 Å².